The van der Waals surface area contributed by atoms with Gasteiger partial charge in [0.25, 0.3) is 5.91 Å². The first-order chi connectivity index (χ1) is 14.5. The number of aromatic nitrogens is 2. The maximum atomic E-state index is 13.2. The van der Waals surface area contributed by atoms with Crippen LogP contribution < -0.4 is 21.8 Å². The monoisotopic (exact) mass is 403 g/mol. The van der Waals surface area contributed by atoms with E-state index in [1.54, 1.807) is 12.3 Å². The molecule has 0 radical (unpaired) electrons. The smallest absolute Gasteiger partial charge is 0.256 e. The number of fused-ring (bicyclic) bond motifs is 2. The van der Waals surface area contributed by atoms with Crippen molar-refractivity contribution in [3.8, 4) is 0 Å². The second kappa shape index (κ2) is 7.16. The molecule has 0 aliphatic heterocycles. The van der Waals surface area contributed by atoms with E-state index in [9.17, 15) is 9.59 Å². The Hall–Kier alpha value is -3.35. The van der Waals surface area contributed by atoms with Crippen LogP contribution in [0.5, 0.6) is 0 Å². The number of nitrogens with two attached hydrogens (primary N) is 1. The van der Waals surface area contributed by atoms with Crippen molar-refractivity contribution < 1.29 is 4.79 Å². The molecule has 1 saturated carbocycles. The summed E-state index contributed by atoms with van der Waals surface area (Å²) in [4.78, 5) is 30.0. The highest BCUT2D eigenvalue weighted by Gasteiger charge is 2.28. The van der Waals surface area contributed by atoms with Gasteiger partial charge in [-0.05, 0) is 49.8 Å². The standard InChI is InChI=1S/C23H25N5O2/c1-2-28-22-18(20(29)19(21(24)30)23(28)27-15-7-8-15)11-17(12-25-22)26-16-9-13-5-3-4-6-14(13)10-16/h3-6,11-12,15-16,26-27H,2,7-10H2,1H3,(H2,24,30). The fourth-order valence-corrected chi connectivity index (χ4v) is 4.41. The number of carbonyl (C=O) groups is 1. The molecule has 2 heterocycles. The van der Waals surface area contributed by atoms with Crippen molar-refractivity contribution in [3.05, 3.63) is 63.4 Å². The minimum Gasteiger partial charge on any atom is -0.380 e. The van der Waals surface area contributed by atoms with Gasteiger partial charge in [-0.25, -0.2) is 4.98 Å². The van der Waals surface area contributed by atoms with Gasteiger partial charge in [-0.1, -0.05) is 24.3 Å². The number of rotatable bonds is 6. The van der Waals surface area contributed by atoms with Crippen LogP contribution in [0.2, 0.25) is 0 Å². The Morgan fingerprint density at radius 1 is 1.17 bits per heavy atom. The molecule has 0 saturated heterocycles. The Kier molecular flexibility index (Phi) is 4.46. The van der Waals surface area contributed by atoms with Gasteiger partial charge < -0.3 is 20.9 Å². The van der Waals surface area contributed by atoms with E-state index in [0.717, 1.165) is 31.4 Å². The molecular weight excluding hydrogens is 378 g/mol. The lowest BCUT2D eigenvalue weighted by atomic mass is 10.1. The molecule has 2 aliphatic carbocycles. The van der Waals surface area contributed by atoms with Crippen molar-refractivity contribution in [1.82, 2.24) is 9.55 Å². The van der Waals surface area contributed by atoms with Crippen molar-refractivity contribution in [2.24, 2.45) is 5.73 Å². The van der Waals surface area contributed by atoms with Crippen LogP contribution in [-0.4, -0.2) is 27.5 Å². The molecule has 5 rings (SSSR count). The number of aryl methyl sites for hydroxylation is 1. The highest BCUT2D eigenvalue weighted by atomic mass is 16.2. The highest BCUT2D eigenvalue weighted by Crippen LogP contribution is 2.29. The fourth-order valence-electron chi connectivity index (χ4n) is 4.41. The Morgan fingerprint density at radius 2 is 1.87 bits per heavy atom. The van der Waals surface area contributed by atoms with Gasteiger partial charge in [0.1, 0.15) is 17.0 Å². The van der Waals surface area contributed by atoms with E-state index in [-0.39, 0.29) is 23.1 Å². The second-order valence-electron chi connectivity index (χ2n) is 8.19. The topological polar surface area (TPSA) is 102 Å². The normalized spacial score (nSPS) is 15.9. The van der Waals surface area contributed by atoms with Crippen molar-refractivity contribution in [1.29, 1.82) is 0 Å². The van der Waals surface area contributed by atoms with Gasteiger partial charge in [0, 0.05) is 18.6 Å². The van der Waals surface area contributed by atoms with Gasteiger partial charge in [0.15, 0.2) is 0 Å². The number of primary amides is 1. The molecule has 3 aromatic rings. The first-order valence-corrected chi connectivity index (χ1v) is 10.5. The summed E-state index contributed by atoms with van der Waals surface area (Å²) < 4.78 is 1.88. The van der Waals surface area contributed by atoms with Crippen LogP contribution in [0.4, 0.5) is 11.5 Å². The van der Waals surface area contributed by atoms with Gasteiger partial charge in [-0.2, -0.15) is 0 Å². The van der Waals surface area contributed by atoms with E-state index in [1.165, 1.54) is 11.1 Å². The number of nitrogens with one attached hydrogen (secondary N) is 2. The molecule has 7 heteroatoms. The quantitative estimate of drug-likeness (QED) is 0.587. The van der Waals surface area contributed by atoms with Crippen molar-refractivity contribution in [3.63, 3.8) is 0 Å². The predicted octanol–water partition coefficient (Wildman–Crippen LogP) is 2.67. The molecule has 2 aliphatic rings. The van der Waals surface area contributed by atoms with Gasteiger partial charge in [0.2, 0.25) is 5.43 Å². The van der Waals surface area contributed by atoms with Crippen LogP contribution in [-0.2, 0) is 19.4 Å². The Morgan fingerprint density at radius 3 is 2.47 bits per heavy atom. The third kappa shape index (κ3) is 3.20. The maximum Gasteiger partial charge on any atom is 0.256 e. The maximum absolute atomic E-state index is 13.2. The lowest BCUT2D eigenvalue weighted by molar-refractivity contribution is 0.0999. The van der Waals surface area contributed by atoms with Crippen LogP contribution in [0.1, 0.15) is 41.3 Å². The average Bonchev–Trinajstić information content (AvgIpc) is 3.45. The number of hydrogen-bond donors (Lipinski definition) is 3. The largest absolute Gasteiger partial charge is 0.380 e. The van der Waals surface area contributed by atoms with Gasteiger partial charge >= 0.3 is 0 Å². The number of amides is 1. The fraction of sp³-hybridized carbons (Fsp3) is 0.348. The molecule has 154 valence electrons. The van der Waals surface area contributed by atoms with E-state index < -0.39 is 5.91 Å². The molecule has 0 bridgehead atoms. The zero-order chi connectivity index (χ0) is 20.8. The van der Waals surface area contributed by atoms with E-state index >= 15 is 0 Å². The molecule has 0 unspecified atom stereocenters. The summed E-state index contributed by atoms with van der Waals surface area (Å²) in [6.45, 7) is 2.54. The van der Waals surface area contributed by atoms with E-state index in [0.29, 0.717) is 23.4 Å². The molecule has 0 spiro atoms. The molecule has 0 atom stereocenters. The predicted molar refractivity (Wildman–Crippen MR) is 118 cm³/mol. The SMILES string of the molecule is CCn1c(NC2CC2)c(C(N)=O)c(=O)c2cc(NC3Cc4ccccc4C3)cnc21. The Bertz CT molecular complexity index is 1190. The third-order valence-electron chi connectivity index (χ3n) is 6.00. The summed E-state index contributed by atoms with van der Waals surface area (Å²) >= 11 is 0. The van der Waals surface area contributed by atoms with Gasteiger partial charge in [0.05, 0.1) is 17.3 Å². The number of carbonyl (C=O) groups excluding carboxylic acids is 1. The summed E-state index contributed by atoms with van der Waals surface area (Å²) in [5.41, 5.74) is 9.31. The molecule has 4 N–H and O–H groups in total. The average molecular weight is 403 g/mol. The lowest BCUT2D eigenvalue weighted by Gasteiger charge is -2.19. The summed E-state index contributed by atoms with van der Waals surface area (Å²) in [5.74, 6) is -0.221. The first-order valence-electron chi connectivity index (χ1n) is 10.5. The molecular formula is C23H25N5O2. The second-order valence-corrected chi connectivity index (χ2v) is 8.19. The summed E-state index contributed by atoms with van der Waals surface area (Å²) in [6, 6.07) is 10.8. The van der Waals surface area contributed by atoms with Gasteiger partial charge in [-0.15, -0.1) is 0 Å². The van der Waals surface area contributed by atoms with E-state index in [4.69, 9.17) is 5.73 Å². The molecule has 30 heavy (non-hydrogen) atoms. The number of hydrogen-bond acceptors (Lipinski definition) is 5. The zero-order valence-electron chi connectivity index (χ0n) is 16.9. The van der Waals surface area contributed by atoms with Crippen LogP contribution >= 0.6 is 0 Å². The Balaban J connectivity index is 1.55. The summed E-state index contributed by atoms with van der Waals surface area (Å²) in [5, 5.41) is 7.23. The van der Waals surface area contributed by atoms with Crippen molar-refractivity contribution in [2.45, 2.75) is 51.2 Å². The number of anilines is 2. The van der Waals surface area contributed by atoms with Crippen LogP contribution in [0.3, 0.4) is 0 Å². The molecule has 1 fully saturated rings. The van der Waals surface area contributed by atoms with Crippen LogP contribution in [0, 0.1) is 0 Å². The summed E-state index contributed by atoms with van der Waals surface area (Å²) in [7, 11) is 0. The molecule has 7 nitrogen and oxygen atoms in total. The summed E-state index contributed by atoms with van der Waals surface area (Å²) in [6.07, 6.45) is 5.68. The van der Waals surface area contributed by atoms with Crippen LogP contribution in [0.25, 0.3) is 11.0 Å². The van der Waals surface area contributed by atoms with E-state index in [2.05, 4.69) is 39.9 Å². The molecule has 1 amide bonds. The van der Waals surface area contributed by atoms with E-state index in [1.807, 2.05) is 11.5 Å². The van der Waals surface area contributed by atoms with Crippen LogP contribution in [0.15, 0.2) is 41.3 Å². The molecule has 1 aromatic carbocycles. The first kappa shape index (κ1) is 18.7. The number of nitrogens with zero attached hydrogens (tertiary/aromatic N) is 2. The zero-order valence-corrected chi connectivity index (χ0v) is 16.9. The Labute approximate surface area is 174 Å². The third-order valence-corrected chi connectivity index (χ3v) is 6.00. The number of benzene rings is 1. The van der Waals surface area contributed by atoms with Crippen molar-refractivity contribution >= 4 is 28.4 Å². The minimum absolute atomic E-state index is 0.0171. The highest BCUT2D eigenvalue weighted by molar-refractivity contribution is 6.01. The van der Waals surface area contributed by atoms with Gasteiger partial charge in [-0.3, -0.25) is 9.59 Å². The lowest BCUT2D eigenvalue weighted by Crippen LogP contribution is -2.29. The van der Waals surface area contributed by atoms with Crippen molar-refractivity contribution in [2.75, 3.05) is 10.6 Å². The minimum atomic E-state index is -0.711. The molecule has 2 aromatic heterocycles. The number of pyridine rings is 2.